The fraction of sp³-hybridized carbons (Fsp3) is 0.280. The summed E-state index contributed by atoms with van der Waals surface area (Å²) in [5.74, 6) is -0.726. The van der Waals surface area contributed by atoms with E-state index >= 15 is 0 Å². The lowest BCUT2D eigenvalue weighted by Gasteiger charge is -2.26. The third-order valence-electron chi connectivity index (χ3n) is 5.65. The Kier molecular flexibility index (Phi) is 7.96. The zero-order valence-electron chi connectivity index (χ0n) is 19.1. The first-order valence-electron chi connectivity index (χ1n) is 11.3. The molecule has 4 rings (SSSR count). The van der Waals surface area contributed by atoms with Crippen LogP contribution < -0.4 is 10.6 Å². The van der Waals surface area contributed by atoms with Crippen LogP contribution in [-0.4, -0.2) is 56.9 Å². The smallest absolute Gasteiger partial charge is 0.287 e. The molecule has 0 bridgehead atoms. The molecule has 2 aromatic carbocycles. The van der Waals surface area contributed by atoms with Gasteiger partial charge in [0.05, 0.1) is 24.4 Å². The van der Waals surface area contributed by atoms with E-state index < -0.39 is 22.0 Å². The molecule has 1 aliphatic rings. The van der Waals surface area contributed by atoms with E-state index in [0.717, 1.165) is 11.1 Å². The molecule has 2 amide bonds. The van der Waals surface area contributed by atoms with Crippen molar-refractivity contribution in [3.05, 3.63) is 89.9 Å². The predicted molar refractivity (Wildman–Crippen MR) is 128 cm³/mol. The van der Waals surface area contributed by atoms with Gasteiger partial charge in [0.1, 0.15) is 6.04 Å². The molecule has 184 valence electrons. The summed E-state index contributed by atoms with van der Waals surface area (Å²) in [5, 5.41) is 5.56. The van der Waals surface area contributed by atoms with Crippen LogP contribution >= 0.6 is 0 Å². The molecule has 1 fully saturated rings. The van der Waals surface area contributed by atoms with Crippen LogP contribution in [0.25, 0.3) is 0 Å². The number of sulfonamides is 1. The summed E-state index contributed by atoms with van der Waals surface area (Å²) in [4.78, 5) is 25.7. The van der Waals surface area contributed by atoms with E-state index in [9.17, 15) is 18.0 Å². The molecule has 35 heavy (non-hydrogen) atoms. The Labute approximate surface area is 204 Å². The van der Waals surface area contributed by atoms with Crippen molar-refractivity contribution in [3.63, 3.8) is 0 Å². The first-order chi connectivity index (χ1) is 16.9. The van der Waals surface area contributed by atoms with Crippen molar-refractivity contribution in [3.8, 4) is 0 Å². The van der Waals surface area contributed by atoms with Gasteiger partial charge < -0.3 is 19.8 Å². The Hall–Kier alpha value is -3.47. The largest absolute Gasteiger partial charge is 0.459 e. The van der Waals surface area contributed by atoms with Gasteiger partial charge >= 0.3 is 0 Å². The van der Waals surface area contributed by atoms with Crippen molar-refractivity contribution in [1.82, 2.24) is 14.9 Å². The lowest BCUT2D eigenvalue weighted by atomic mass is 10.0. The minimum Gasteiger partial charge on any atom is -0.459 e. The van der Waals surface area contributed by atoms with Crippen LogP contribution in [0.3, 0.4) is 0 Å². The lowest BCUT2D eigenvalue weighted by Crippen LogP contribution is -2.47. The van der Waals surface area contributed by atoms with Gasteiger partial charge in [-0.3, -0.25) is 9.59 Å². The van der Waals surface area contributed by atoms with E-state index in [2.05, 4.69) is 10.6 Å². The predicted octanol–water partition coefficient (Wildman–Crippen LogP) is 1.96. The van der Waals surface area contributed by atoms with Crippen molar-refractivity contribution in [1.29, 1.82) is 0 Å². The molecule has 2 heterocycles. The fourth-order valence-corrected chi connectivity index (χ4v) is 5.13. The van der Waals surface area contributed by atoms with Crippen molar-refractivity contribution >= 4 is 21.8 Å². The molecule has 0 aliphatic carbocycles. The average molecular weight is 498 g/mol. The summed E-state index contributed by atoms with van der Waals surface area (Å²) < 4.78 is 37.3. The van der Waals surface area contributed by atoms with E-state index in [0.29, 0.717) is 32.7 Å². The van der Waals surface area contributed by atoms with E-state index in [-0.39, 0.29) is 23.1 Å². The van der Waals surface area contributed by atoms with Gasteiger partial charge in [0.2, 0.25) is 15.9 Å². The number of carbonyl (C=O) groups is 2. The fourth-order valence-electron chi connectivity index (χ4n) is 3.72. The molecule has 0 saturated carbocycles. The number of carbonyl (C=O) groups excluding carboxylic acids is 2. The van der Waals surface area contributed by atoms with Crippen LogP contribution in [0.15, 0.2) is 82.3 Å². The molecule has 0 radical (unpaired) electrons. The summed E-state index contributed by atoms with van der Waals surface area (Å²) in [7, 11) is -3.58. The number of ether oxygens (including phenoxy) is 1. The number of rotatable bonds is 9. The van der Waals surface area contributed by atoms with Gasteiger partial charge in [-0.05, 0) is 35.4 Å². The van der Waals surface area contributed by atoms with Crippen molar-refractivity contribution in [2.24, 2.45) is 0 Å². The topological polar surface area (TPSA) is 118 Å². The second-order valence-electron chi connectivity index (χ2n) is 8.07. The molecule has 2 N–H and O–H groups in total. The summed E-state index contributed by atoms with van der Waals surface area (Å²) in [5.41, 5.74) is 1.63. The van der Waals surface area contributed by atoms with Crippen LogP contribution in [0.1, 0.15) is 21.7 Å². The molecule has 0 unspecified atom stereocenters. The number of hydrogen-bond donors (Lipinski definition) is 2. The highest BCUT2D eigenvalue weighted by Crippen LogP contribution is 2.18. The van der Waals surface area contributed by atoms with Gasteiger partial charge in [0.15, 0.2) is 5.76 Å². The zero-order chi connectivity index (χ0) is 24.7. The number of nitrogens with zero attached hydrogens (tertiary/aromatic N) is 1. The molecular weight excluding hydrogens is 470 g/mol. The van der Waals surface area contributed by atoms with Crippen molar-refractivity contribution < 1.29 is 27.2 Å². The molecule has 1 aliphatic heterocycles. The Morgan fingerprint density at radius 1 is 0.914 bits per heavy atom. The third kappa shape index (κ3) is 6.36. The minimum absolute atomic E-state index is 0.118. The molecule has 9 nitrogen and oxygen atoms in total. The van der Waals surface area contributed by atoms with Gasteiger partial charge in [0.25, 0.3) is 5.91 Å². The molecule has 1 saturated heterocycles. The highest BCUT2D eigenvalue weighted by Gasteiger charge is 2.26. The average Bonchev–Trinajstić information content (AvgIpc) is 3.44. The van der Waals surface area contributed by atoms with Gasteiger partial charge in [-0.15, -0.1) is 0 Å². The van der Waals surface area contributed by atoms with Gasteiger partial charge in [-0.25, -0.2) is 8.42 Å². The van der Waals surface area contributed by atoms with Crippen LogP contribution in [0.2, 0.25) is 0 Å². The van der Waals surface area contributed by atoms with Gasteiger partial charge in [0, 0.05) is 26.1 Å². The van der Waals surface area contributed by atoms with Crippen LogP contribution in [-0.2, 0) is 32.5 Å². The Morgan fingerprint density at radius 3 is 2.29 bits per heavy atom. The molecule has 3 aromatic rings. The molecule has 10 heteroatoms. The van der Waals surface area contributed by atoms with Crippen molar-refractivity contribution in [2.75, 3.05) is 26.3 Å². The van der Waals surface area contributed by atoms with E-state index in [1.807, 2.05) is 30.3 Å². The summed E-state index contributed by atoms with van der Waals surface area (Å²) in [6.07, 6.45) is 1.69. The van der Waals surface area contributed by atoms with Crippen LogP contribution in [0.4, 0.5) is 0 Å². The third-order valence-corrected chi connectivity index (χ3v) is 7.56. The number of benzene rings is 2. The summed E-state index contributed by atoms with van der Waals surface area (Å²) >= 11 is 0. The maximum absolute atomic E-state index is 13.0. The number of hydrogen-bond acceptors (Lipinski definition) is 6. The van der Waals surface area contributed by atoms with E-state index in [1.54, 1.807) is 18.2 Å². The van der Waals surface area contributed by atoms with Crippen molar-refractivity contribution in [2.45, 2.75) is 23.9 Å². The zero-order valence-corrected chi connectivity index (χ0v) is 19.9. The number of amides is 2. The Bertz CT molecular complexity index is 1220. The molecular formula is C25H27N3O6S. The second-order valence-corrected chi connectivity index (χ2v) is 10.0. The Balaban J connectivity index is 1.40. The monoisotopic (exact) mass is 497 g/mol. The number of nitrogens with one attached hydrogen (secondary N) is 2. The molecule has 1 aromatic heterocycles. The standard InChI is InChI=1S/C25H27N3O6S/c29-24(22(17-19-5-2-1-3-6-19)27-25(30)23-7-4-14-34-23)26-18-20-8-10-21(11-9-20)35(31,32)28-12-15-33-16-13-28/h1-11,14,22H,12-13,15-18H2,(H,26,29)(H,27,30)/t22-/m0/s1. The first-order valence-corrected chi connectivity index (χ1v) is 12.7. The number of morpholine rings is 1. The van der Waals surface area contributed by atoms with Crippen LogP contribution in [0, 0.1) is 0 Å². The highest BCUT2D eigenvalue weighted by atomic mass is 32.2. The SMILES string of the molecule is O=C(N[C@@H](Cc1ccccc1)C(=O)NCc1ccc(S(=O)(=O)N2CCOCC2)cc1)c1ccco1. The van der Waals surface area contributed by atoms with Gasteiger partial charge in [-0.1, -0.05) is 42.5 Å². The Morgan fingerprint density at radius 2 is 1.63 bits per heavy atom. The van der Waals surface area contributed by atoms with E-state index in [4.69, 9.17) is 9.15 Å². The van der Waals surface area contributed by atoms with Gasteiger partial charge in [-0.2, -0.15) is 4.31 Å². The first kappa shape index (κ1) is 24.6. The number of furan rings is 1. The molecule has 0 spiro atoms. The normalized spacial score (nSPS) is 15.3. The second kappa shape index (κ2) is 11.3. The minimum atomic E-state index is -3.58. The van der Waals surface area contributed by atoms with E-state index in [1.165, 1.54) is 28.8 Å². The summed E-state index contributed by atoms with van der Waals surface area (Å²) in [6, 6.07) is 18.1. The maximum Gasteiger partial charge on any atom is 0.287 e. The summed E-state index contributed by atoms with van der Waals surface area (Å²) in [6.45, 7) is 1.59. The highest BCUT2D eigenvalue weighted by molar-refractivity contribution is 7.89. The van der Waals surface area contributed by atoms with Crippen LogP contribution in [0.5, 0.6) is 0 Å². The lowest BCUT2D eigenvalue weighted by molar-refractivity contribution is -0.123. The quantitative estimate of drug-likeness (QED) is 0.467. The molecule has 1 atom stereocenters. The maximum atomic E-state index is 13.0.